The minimum Gasteiger partial charge on any atom is -0.507 e. The predicted molar refractivity (Wildman–Crippen MR) is 418 cm³/mol. The van der Waals surface area contributed by atoms with Crippen LogP contribution in [0.5, 0.6) is 5.75 Å². The van der Waals surface area contributed by atoms with Crippen molar-refractivity contribution in [3.05, 3.63) is 171 Å². The van der Waals surface area contributed by atoms with E-state index in [-0.39, 0.29) is 61.9 Å². The van der Waals surface area contributed by atoms with E-state index in [2.05, 4.69) is 58.2 Å². The minimum atomic E-state index is -1.93. The van der Waals surface area contributed by atoms with Crippen LogP contribution >= 0.6 is 44.2 Å². The number of aromatic amines is 1. The number of para-hydroxylation sites is 1. The maximum absolute atomic E-state index is 15.9. The van der Waals surface area contributed by atoms with E-state index in [1.807, 2.05) is 60.7 Å². The zero-order chi connectivity index (χ0) is 78.7. The van der Waals surface area contributed by atoms with Gasteiger partial charge in [-0.1, -0.05) is 145 Å². The van der Waals surface area contributed by atoms with E-state index in [9.17, 15) is 54.0 Å². The minimum absolute atomic E-state index is 0.0372. The Hall–Kier alpha value is -9.20. The van der Waals surface area contributed by atoms with Gasteiger partial charge in [-0.3, -0.25) is 52.7 Å². The quantitative estimate of drug-likeness (QED) is 0.0251. The number of aromatic hydroxyl groups is 1. The van der Waals surface area contributed by atoms with Crippen LogP contribution in [0.15, 0.2) is 134 Å². The Morgan fingerprint density at radius 3 is 1.57 bits per heavy atom. The monoisotopic (exact) mass is 1640 g/mol. The number of likely N-dealkylation sites (N-methyl/N-ethyl adjacent to an activating group) is 1. The first-order valence-electron chi connectivity index (χ1n) is 35.4. The Bertz CT molecular complexity index is 4050. The van der Waals surface area contributed by atoms with Crippen molar-refractivity contribution in [1.29, 1.82) is 0 Å². The van der Waals surface area contributed by atoms with Crippen molar-refractivity contribution >= 4 is 120 Å². The van der Waals surface area contributed by atoms with Crippen LogP contribution < -0.4 is 70.4 Å². The number of carbonyl (C=O) groups is 11. The van der Waals surface area contributed by atoms with Crippen LogP contribution in [0.4, 0.5) is 0 Å². The first kappa shape index (κ1) is 86.0. The number of phenols is 1. The van der Waals surface area contributed by atoms with Crippen LogP contribution in [-0.4, -0.2) is 212 Å². The number of amides is 11. The number of aliphatic hydroxyl groups is 3. The highest BCUT2D eigenvalue weighted by Gasteiger charge is 2.40. The van der Waals surface area contributed by atoms with Crippen molar-refractivity contribution in [2.24, 2.45) is 17.2 Å². The summed E-state index contributed by atoms with van der Waals surface area (Å²) in [6.45, 7) is 5.92. The maximum Gasteiger partial charge on any atom is 0.245 e. The normalized spacial score (nSPS) is 23.6. The summed E-state index contributed by atoms with van der Waals surface area (Å²) in [7, 11) is 3.28. The average Bonchev–Trinajstić information content (AvgIpc) is 1.53. The molecule has 2 heterocycles. The number of aliphatic hydroxyl groups excluding tert-OH is 3. The molecule has 0 spiro atoms. The molecular formula is C75H98IN15O15S2. The number of aromatic nitrogens is 1. The molecule has 7 rings (SSSR count). The number of rotatable bonds is 21. The van der Waals surface area contributed by atoms with Gasteiger partial charge < -0.3 is 101 Å². The Kier molecular flexibility index (Phi) is 33.9. The summed E-state index contributed by atoms with van der Waals surface area (Å²) in [5, 5.41) is 71.1. The van der Waals surface area contributed by atoms with E-state index in [0.29, 0.717) is 61.7 Å². The van der Waals surface area contributed by atoms with Gasteiger partial charge >= 0.3 is 0 Å². The van der Waals surface area contributed by atoms with Crippen LogP contribution in [0.2, 0.25) is 0 Å². The Labute approximate surface area is 647 Å². The molecule has 0 radical (unpaired) electrons. The van der Waals surface area contributed by atoms with Crippen LogP contribution in [0.3, 0.4) is 0 Å². The number of unbranched alkanes of at least 4 members (excludes halogenated alkanes) is 1. The molecule has 6 aromatic rings. The van der Waals surface area contributed by atoms with Crippen molar-refractivity contribution in [3.8, 4) is 5.75 Å². The molecule has 0 saturated carbocycles. The number of nitrogens with zero attached hydrogens (tertiary/aromatic N) is 1. The number of nitrogens with two attached hydrogens (primary N) is 3. The summed E-state index contributed by atoms with van der Waals surface area (Å²) < 4.78 is 0.329. The van der Waals surface area contributed by atoms with Crippen molar-refractivity contribution in [1.82, 2.24) is 63.1 Å². The third kappa shape index (κ3) is 26.0. The number of benzene rings is 5. The molecule has 13 atom stereocenters. The average molecular weight is 1640 g/mol. The number of hydrogen-bond acceptors (Lipinski definition) is 20. The molecule has 1 aliphatic rings. The summed E-state index contributed by atoms with van der Waals surface area (Å²) in [6, 6.07) is 18.7. The van der Waals surface area contributed by atoms with Crippen LogP contribution in [0.25, 0.3) is 10.9 Å². The summed E-state index contributed by atoms with van der Waals surface area (Å²) in [5.41, 5.74) is 22.1. The van der Waals surface area contributed by atoms with E-state index in [4.69, 9.17) is 17.2 Å². The van der Waals surface area contributed by atoms with E-state index < -0.39 is 157 Å². The van der Waals surface area contributed by atoms with Crippen molar-refractivity contribution in [2.45, 2.75) is 170 Å². The van der Waals surface area contributed by atoms with Gasteiger partial charge in [0.2, 0.25) is 65.0 Å². The molecule has 11 amide bonds. The third-order valence-electron chi connectivity index (χ3n) is 18.0. The number of fused-ring (bicyclic) bond motifs is 1. The summed E-state index contributed by atoms with van der Waals surface area (Å²) >= 11 is 1.84. The van der Waals surface area contributed by atoms with E-state index in [0.717, 1.165) is 39.0 Å². The lowest BCUT2D eigenvalue weighted by atomic mass is 9.98. The van der Waals surface area contributed by atoms with E-state index in [1.54, 1.807) is 91.1 Å². The van der Waals surface area contributed by atoms with E-state index >= 15 is 19.2 Å². The van der Waals surface area contributed by atoms with Crippen molar-refractivity contribution in [3.63, 3.8) is 0 Å². The molecule has 108 heavy (non-hydrogen) atoms. The van der Waals surface area contributed by atoms with Crippen LogP contribution in [-0.2, 0) is 91.4 Å². The molecule has 0 aliphatic carbocycles. The second kappa shape index (κ2) is 42.5. The van der Waals surface area contributed by atoms with Crippen LogP contribution in [0, 0.1) is 3.57 Å². The maximum atomic E-state index is 15.9. The smallest absolute Gasteiger partial charge is 0.245 e. The Balaban J connectivity index is 1.34. The van der Waals surface area contributed by atoms with E-state index in [1.165, 1.54) is 32.2 Å². The van der Waals surface area contributed by atoms with Gasteiger partial charge in [0.1, 0.15) is 66.2 Å². The third-order valence-corrected chi connectivity index (χ3v) is 21.3. The second-order valence-electron chi connectivity index (χ2n) is 26.9. The molecule has 0 unspecified atom stereocenters. The lowest BCUT2D eigenvalue weighted by Crippen LogP contribution is -2.63. The van der Waals surface area contributed by atoms with Gasteiger partial charge in [-0.25, -0.2) is 0 Å². The van der Waals surface area contributed by atoms with Crippen molar-refractivity contribution < 1.29 is 73.2 Å². The molecule has 1 fully saturated rings. The number of phenolic OH excluding ortho intramolecular Hbond substituents is 1. The van der Waals surface area contributed by atoms with Gasteiger partial charge in [0.05, 0.1) is 28.4 Å². The zero-order valence-electron chi connectivity index (χ0n) is 60.6. The fourth-order valence-corrected chi connectivity index (χ4v) is 14.7. The van der Waals surface area contributed by atoms with Gasteiger partial charge in [-0.05, 0) is 114 Å². The standard InChI is InChI=1S/C75H98IN15O15S2/c1-41(2)80-36-47-25-23-46(24-26-47)34-61-72(103)90-64(43(4)94)73(104)85-57(33-48-27-28-62(95)51(76)30-48)70(101)89-63(42(3)93)74(105)87-59(38-92)71(102)88-60(65(79)96)40-108-107-39-52(78)66(97)82-54(22-14-15-29-77)67(98)83-55(31-44-16-8-6-9-17-44)68(99)84-56(32-45-18-10-7-11-19-45)69(100)86-58(75(106)91(61)5)35-49-37-81-53-21-13-12-20-50(49)53/h6-13,16-21,23-28,30,37,41-43,52,54-61,63-64,80-81,92-95H,14-15,22,29,31-36,38-40,77-78H2,1-5H3,(H2,79,96)(H,82,97)(H,83,98)(H,84,99)(H,85,104)(H,86,100)(H,87,105)(H,88,102)(H,89,101)(H,90,103)/t42-,43-,52+,54+,55+,56+,57+,58-,59+,60+,61+,63+,64-/m1/s1. The topological polar surface area (TPSA) is 486 Å². The highest BCUT2D eigenvalue weighted by molar-refractivity contribution is 14.1. The molecule has 582 valence electrons. The molecule has 0 bridgehead atoms. The molecule has 30 nitrogen and oxygen atoms in total. The van der Waals surface area contributed by atoms with Crippen molar-refractivity contribution in [2.75, 3.05) is 31.7 Å². The fourth-order valence-electron chi connectivity index (χ4n) is 11.8. The number of halogens is 1. The molecule has 21 N–H and O–H groups in total. The summed E-state index contributed by atoms with van der Waals surface area (Å²) in [4.78, 5) is 166. The lowest BCUT2D eigenvalue weighted by Gasteiger charge is -2.33. The number of H-pyrrole nitrogens is 1. The predicted octanol–water partition coefficient (Wildman–Crippen LogP) is -0.230. The first-order chi connectivity index (χ1) is 51.5. The highest BCUT2D eigenvalue weighted by Crippen LogP contribution is 2.25. The lowest BCUT2D eigenvalue weighted by molar-refractivity contribution is -0.143. The van der Waals surface area contributed by atoms with Gasteiger partial charge in [0.15, 0.2) is 0 Å². The molecule has 5 aromatic carbocycles. The molecule has 1 aromatic heterocycles. The Morgan fingerprint density at radius 1 is 0.546 bits per heavy atom. The zero-order valence-corrected chi connectivity index (χ0v) is 64.4. The van der Waals surface area contributed by atoms with Gasteiger partial charge in [-0.2, -0.15) is 0 Å². The summed E-state index contributed by atoms with van der Waals surface area (Å²) in [6.07, 6.45) is -2.14. The van der Waals surface area contributed by atoms with Crippen LogP contribution in [0.1, 0.15) is 80.3 Å². The summed E-state index contributed by atoms with van der Waals surface area (Å²) in [5.74, 6) is -11.3. The largest absolute Gasteiger partial charge is 0.507 e. The molecule has 1 aliphatic heterocycles. The number of nitrogens with one attached hydrogen (secondary N) is 11. The number of primary amides is 1. The van der Waals surface area contributed by atoms with Gasteiger partial charge in [0, 0.05) is 80.3 Å². The molecular weight excluding hydrogens is 1540 g/mol. The molecule has 1 saturated heterocycles. The Morgan fingerprint density at radius 2 is 1.02 bits per heavy atom. The number of hydrogen-bond donors (Lipinski definition) is 18. The SMILES string of the molecule is CC(C)NCc1ccc(C[C@H]2C(=O)N[C@H]([C@@H](C)O)C(=O)N[C@@H](Cc3ccc(O)c(I)c3)C(=O)N[C@@H]([C@@H](C)O)C(=O)N[C@@H](CO)C(=O)N[C@H](C(N)=O)CSSC[C@H](N)C(=O)N[C@@H](CCCCN)C(=O)N[C@@H](Cc3ccccc3)C(=O)N[C@@H](Cc3ccccc3)C(=O)N[C@H](Cc3c[nH]c4ccccc34)C(=O)N2C)cc1. The van der Waals surface area contributed by atoms with Gasteiger partial charge in [0.25, 0.3) is 0 Å². The molecule has 33 heteroatoms. The second-order valence-corrected chi connectivity index (χ2v) is 30.6. The highest BCUT2D eigenvalue weighted by atomic mass is 127. The first-order valence-corrected chi connectivity index (χ1v) is 39.0. The number of carbonyl (C=O) groups excluding carboxylic acids is 11. The fraction of sp³-hybridized carbons (Fsp3) is 0.427. The van der Waals surface area contributed by atoms with Gasteiger partial charge in [-0.15, -0.1) is 0 Å².